The Morgan fingerprint density at radius 2 is 2.50 bits per heavy atom. The van der Waals surface area contributed by atoms with Gasteiger partial charge in [-0.15, -0.1) is 0 Å². The third kappa shape index (κ3) is 2.11. The molecule has 5 heteroatoms. The fourth-order valence-electron chi connectivity index (χ4n) is 0.807. The van der Waals surface area contributed by atoms with Crippen LogP contribution in [0.3, 0.4) is 0 Å². The summed E-state index contributed by atoms with van der Waals surface area (Å²) in [5.41, 5.74) is 0.664. The molecule has 1 rings (SSSR count). The molecule has 0 radical (unpaired) electrons. The predicted molar refractivity (Wildman–Crippen MR) is 44.1 cm³/mol. The van der Waals surface area contributed by atoms with Crippen LogP contribution in [0.5, 0.6) is 0 Å². The van der Waals surface area contributed by atoms with Gasteiger partial charge in [0.25, 0.3) is 5.90 Å². The highest BCUT2D eigenvalue weighted by Gasteiger charge is 2.13. The highest BCUT2D eigenvalue weighted by molar-refractivity contribution is 6.38. The van der Waals surface area contributed by atoms with Gasteiger partial charge in [0, 0.05) is 0 Å². The maximum atomic E-state index is 5.20. The zero-order valence-electron chi connectivity index (χ0n) is 7.24. The maximum absolute atomic E-state index is 5.20. The van der Waals surface area contributed by atoms with Crippen LogP contribution in [-0.4, -0.2) is 31.9 Å². The summed E-state index contributed by atoms with van der Waals surface area (Å²) in [6, 6.07) is 0. The smallest absolute Gasteiger partial charge is 0.275 e. The summed E-state index contributed by atoms with van der Waals surface area (Å²) in [7, 11) is 1.49. The highest BCUT2D eigenvalue weighted by atomic mass is 16.7. The summed E-state index contributed by atoms with van der Waals surface area (Å²) in [5.74, 6) is 0.422. The van der Waals surface area contributed by atoms with Crippen molar-refractivity contribution in [3.05, 3.63) is 0 Å². The van der Waals surface area contributed by atoms with Gasteiger partial charge in [0.2, 0.25) is 0 Å². The SMILES string of the molecule is CC/C(=N\OC)C1=NOCCO1. The number of hydrogen-bond acceptors (Lipinski definition) is 5. The Morgan fingerprint density at radius 1 is 1.67 bits per heavy atom. The van der Waals surface area contributed by atoms with Crippen LogP contribution >= 0.6 is 0 Å². The van der Waals surface area contributed by atoms with Crippen LogP contribution in [0.25, 0.3) is 0 Å². The Labute approximate surface area is 71.0 Å². The number of rotatable bonds is 3. The molecule has 1 aliphatic heterocycles. The van der Waals surface area contributed by atoms with Gasteiger partial charge >= 0.3 is 0 Å². The monoisotopic (exact) mass is 172 g/mol. The zero-order chi connectivity index (χ0) is 8.81. The molecule has 0 N–H and O–H groups in total. The lowest BCUT2D eigenvalue weighted by atomic mass is 10.3. The topological polar surface area (TPSA) is 52.4 Å². The van der Waals surface area contributed by atoms with Gasteiger partial charge in [-0.2, -0.15) is 0 Å². The molecule has 1 heterocycles. The molecule has 0 aromatic heterocycles. The Kier molecular flexibility index (Phi) is 3.37. The van der Waals surface area contributed by atoms with E-state index in [1.807, 2.05) is 6.92 Å². The van der Waals surface area contributed by atoms with Gasteiger partial charge in [-0.1, -0.05) is 12.1 Å². The quantitative estimate of drug-likeness (QED) is 0.466. The minimum absolute atomic E-state index is 0.422. The Bertz CT molecular complexity index is 195. The van der Waals surface area contributed by atoms with Crippen LogP contribution in [0, 0.1) is 0 Å². The average Bonchev–Trinajstić information content (AvgIpc) is 2.15. The van der Waals surface area contributed by atoms with Crippen molar-refractivity contribution in [3.8, 4) is 0 Å². The second kappa shape index (κ2) is 4.58. The standard InChI is InChI=1S/C7H12N2O3/c1-3-6(8-10-2)7-9-12-5-4-11-7/h3-5H2,1-2H3/b8-6+. The normalized spacial score (nSPS) is 17.5. The van der Waals surface area contributed by atoms with Crippen molar-refractivity contribution in [3.63, 3.8) is 0 Å². The van der Waals surface area contributed by atoms with Gasteiger partial charge in [0.05, 0.1) is 0 Å². The van der Waals surface area contributed by atoms with Crippen molar-refractivity contribution < 1.29 is 14.4 Å². The van der Waals surface area contributed by atoms with E-state index in [0.29, 0.717) is 31.2 Å². The van der Waals surface area contributed by atoms with Crippen LogP contribution in [0.2, 0.25) is 0 Å². The van der Waals surface area contributed by atoms with E-state index in [-0.39, 0.29) is 0 Å². The summed E-state index contributed by atoms with van der Waals surface area (Å²) in [6.07, 6.45) is 0.704. The Hall–Kier alpha value is -1.26. The maximum Gasteiger partial charge on any atom is 0.275 e. The lowest BCUT2D eigenvalue weighted by Crippen LogP contribution is -2.24. The van der Waals surface area contributed by atoms with E-state index in [1.54, 1.807) is 0 Å². The second-order valence-corrected chi connectivity index (χ2v) is 2.15. The molecule has 0 aliphatic carbocycles. The largest absolute Gasteiger partial charge is 0.470 e. The zero-order valence-corrected chi connectivity index (χ0v) is 7.24. The molecule has 5 nitrogen and oxygen atoms in total. The number of ether oxygens (including phenoxy) is 1. The first kappa shape index (κ1) is 8.83. The molecular weight excluding hydrogens is 160 g/mol. The molecule has 0 fully saturated rings. The van der Waals surface area contributed by atoms with Crippen molar-refractivity contribution in [2.24, 2.45) is 10.3 Å². The molecule has 0 amide bonds. The summed E-state index contributed by atoms with van der Waals surface area (Å²) in [5, 5.41) is 7.45. The van der Waals surface area contributed by atoms with Crippen molar-refractivity contribution in [2.75, 3.05) is 20.3 Å². The minimum Gasteiger partial charge on any atom is -0.470 e. The first-order valence-electron chi connectivity index (χ1n) is 3.81. The molecule has 12 heavy (non-hydrogen) atoms. The number of nitrogens with zero attached hydrogens (tertiary/aromatic N) is 2. The third-order valence-electron chi connectivity index (χ3n) is 1.34. The second-order valence-electron chi connectivity index (χ2n) is 2.15. The fourth-order valence-corrected chi connectivity index (χ4v) is 0.807. The summed E-state index contributed by atoms with van der Waals surface area (Å²) in [4.78, 5) is 9.46. The number of oxime groups is 2. The fraction of sp³-hybridized carbons (Fsp3) is 0.714. The van der Waals surface area contributed by atoms with Crippen molar-refractivity contribution in [1.82, 2.24) is 0 Å². The van der Waals surface area contributed by atoms with Gasteiger partial charge in [-0.25, -0.2) is 0 Å². The van der Waals surface area contributed by atoms with Crippen molar-refractivity contribution in [2.45, 2.75) is 13.3 Å². The van der Waals surface area contributed by atoms with E-state index >= 15 is 0 Å². The van der Waals surface area contributed by atoms with Gasteiger partial charge < -0.3 is 14.4 Å². The molecular formula is C7H12N2O3. The van der Waals surface area contributed by atoms with E-state index in [1.165, 1.54) is 7.11 Å². The van der Waals surface area contributed by atoms with Gasteiger partial charge in [0.15, 0.2) is 6.61 Å². The third-order valence-corrected chi connectivity index (χ3v) is 1.34. The molecule has 0 saturated heterocycles. The summed E-state index contributed by atoms with van der Waals surface area (Å²) >= 11 is 0. The highest BCUT2D eigenvalue weighted by Crippen LogP contribution is 1.99. The van der Waals surface area contributed by atoms with Gasteiger partial charge in [-0.05, 0) is 11.6 Å². The van der Waals surface area contributed by atoms with E-state index in [0.717, 1.165) is 0 Å². The van der Waals surface area contributed by atoms with E-state index in [9.17, 15) is 0 Å². The van der Waals surface area contributed by atoms with E-state index in [4.69, 9.17) is 9.57 Å². The minimum atomic E-state index is 0.422. The predicted octanol–water partition coefficient (Wildman–Crippen LogP) is 0.759. The summed E-state index contributed by atoms with van der Waals surface area (Å²) in [6.45, 7) is 2.95. The molecule has 1 aliphatic rings. The molecule has 68 valence electrons. The lowest BCUT2D eigenvalue weighted by Gasteiger charge is -2.13. The van der Waals surface area contributed by atoms with Crippen LogP contribution in [0.4, 0.5) is 0 Å². The molecule has 0 aromatic carbocycles. The molecule has 0 atom stereocenters. The van der Waals surface area contributed by atoms with Crippen molar-refractivity contribution >= 4 is 11.6 Å². The molecule has 0 unspecified atom stereocenters. The van der Waals surface area contributed by atoms with Crippen LogP contribution in [0.15, 0.2) is 10.3 Å². The molecule has 0 spiro atoms. The van der Waals surface area contributed by atoms with E-state index < -0.39 is 0 Å². The first-order valence-corrected chi connectivity index (χ1v) is 3.81. The van der Waals surface area contributed by atoms with Crippen LogP contribution < -0.4 is 0 Å². The van der Waals surface area contributed by atoms with Crippen LogP contribution in [0.1, 0.15) is 13.3 Å². The summed E-state index contributed by atoms with van der Waals surface area (Å²) < 4.78 is 5.20. The first-order chi connectivity index (χ1) is 5.88. The van der Waals surface area contributed by atoms with Gasteiger partial charge in [-0.3, -0.25) is 0 Å². The molecule has 0 bridgehead atoms. The van der Waals surface area contributed by atoms with Crippen molar-refractivity contribution in [1.29, 1.82) is 0 Å². The molecule has 0 saturated carbocycles. The molecule has 0 aromatic rings. The van der Waals surface area contributed by atoms with E-state index in [2.05, 4.69) is 15.1 Å². The number of hydrogen-bond donors (Lipinski definition) is 0. The van der Waals surface area contributed by atoms with Crippen LogP contribution in [-0.2, 0) is 14.4 Å². The average molecular weight is 172 g/mol. The van der Waals surface area contributed by atoms with Gasteiger partial charge in [0.1, 0.15) is 19.4 Å². The lowest BCUT2D eigenvalue weighted by molar-refractivity contribution is 0.0670. The Balaban J connectivity index is 2.64. The Morgan fingerprint density at radius 3 is 3.00 bits per heavy atom.